The monoisotopic (exact) mass is 313 g/mol. The molecule has 0 aromatic heterocycles. The molecule has 1 fully saturated rings. The fourth-order valence-electron chi connectivity index (χ4n) is 2.51. The third-order valence-corrected chi connectivity index (χ3v) is 4.32. The second-order valence-corrected chi connectivity index (χ2v) is 6.11. The van der Waals surface area contributed by atoms with Crippen molar-refractivity contribution in [2.75, 3.05) is 6.54 Å². The minimum absolute atomic E-state index is 0.0826. The van der Waals surface area contributed by atoms with Crippen LogP contribution in [0.5, 0.6) is 0 Å². The highest BCUT2D eigenvalue weighted by Gasteiger charge is 2.27. The quantitative estimate of drug-likeness (QED) is 0.825. The molecule has 1 aromatic carbocycles. The third kappa shape index (κ3) is 3.55. The van der Waals surface area contributed by atoms with E-state index in [1.54, 1.807) is 12.1 Å². The van der Waals surface area contributed by atoms with Crippen molar-refractivity contribution in [2.24, 2.45) is 5.92 Å². The molecule has 1 unspecified atom stereocenters. The molecule has 1 saturated carbocycles. The number of hydrogen-bond acceptors (Lipinski definition) is 1. The van der Waals surface area contributed by atoms with Gasteiger partial charge in [-0.3, -0.25) is 0 Å². The molecular weight excluding hydrogens is 293 g/mol. The second-order valence-electron chi connectivity index (χ2n) is 5.19. The maximum atomic E-state index is 13.8. The van der Waals surface area contributed by atoms with Crippen LogP contribution in [0.3, 0.4) is 0 Å². The topological polar surface area (TPSA) is 12.0 Å². The Hall–Kier alpha value is -0.410. The summed E-state index contributed by atoms with van der Waals surface area (Å²) in [5.41, 5.74) is 0.824. The summed E-state index contributed by atoms with van der Waals surface area (Å²) < 4.78 is 14.7. The summed E-state index contributed by atoms with van der Waals surface area (Å²) >= 11 is 3.42. The summed E-state index contributed by atoms with van der Waals surface area (Å²) in [7, 11) is 0. The van der Waals surface area contributed by atoms with Crippen LogP contribution in [0.1, 0.15) is 38.2 Å². The molecule has 1 aliphatic rings. The van der Waals surface area contributed by atoms with Crippen molar-refractivity contribution >= 4 is 15.9 Å². The van der Waals surface area contributed by atoms with Gasteiger partial charge in [-0.05, 0) is 61.9 Å². The molecule has 2 rings (SSSR count). The number of rotatable bonds is 6. The van der Waals surface area contributed by atoms with Gasteiger partial charge in [0.15, 0.2) is 0 Å². The minimum atomic E-state index is -0.0826. The van der Waals surface area contributed by atoms with Crippen LogP contribution in [-0.2, 0) is 6.42 Å². The largest absolute Gasteiger partial charge is 0.313 e. The van der Waals surface area contributed by atoms with E-state index in [4.69, 9.17) is 0 Å². The SMILES string of the molecule is CCCNC(Cc1cc(Br)ccc1F)C1CCC1. The van der Waals surface area contributed by atoms with E-state index >= 15 is 0 Å². The lowest BCUT2D eigenvalue weighted by Gasteiger charge is -2.34. The molecule has 1 atom stereocenters. The minimum Gasteiger partial charge on any atom is -0.313 e. The smallest absolute Gasteiger partial charge is 0.126 e. The normalized spacial score (nSPS) is 17.5. The fraction of sp³-hybridized carbons (Fsp3) is 0.600. The Morgan fingerprint density at radius 1 is 1.44 bits per heavy atom. The van der Waals surface area contributed by atoms with Gasteiger partial charge in [0.2, 0.25) is 0 Å². The number of halogens is 2. The molecule has 0 aliphatic heterocycles. The molecule has 18 heavy (non-hydrogen) atoms. The molecule has 0 radical (unpaired) electrons. The average molecular weight is 314 g/mol. The van der Waals surface area contributed by atoms with Crippen molar-refractivity contribution in [3.8, 4) is 0 Å². The Morgan fingerprint density at radius 2 is 2.22 bits per heavy atom. The van der Waals surface area contributed by atoms with Crippen molar-refractivity contribution in [3.05, 3.63) is 34.1 Å². The van der Waals surface area contributed by atoms with Crippen LogP contribution in [0, 0.1) is 11.7 Å². The highest BCUT2D eigenvalue weighted by Crippen LogP contribution is 2.31. The van der Waals surface area contributed by atoms with Gasteiger partial charge in [-0.25, -0.2) is 4.39 Å². The Balaban J connectivity index is 2.04. The lowest BCUT2D eigenvalue weighted by Crippen LogP contribution is -2.41. The van der Waals surface area contributed by atoms with E-state index in [9.17, 15) is 4.39 Å². The fourth-order valence-corrected chi connectivity index (χ4v) is 2.92. The molecule has 0 saturated heterocycles. The Kier molecular flexibility index (Phi) is 5.19. The Labute approximate surface area is 117 Å². The molecule has 100 valence electrons. The zero-order valence-electron chi connectivity index (χ0n) is 10.9. The molecule has 1 N–H and O–H groups in total. The zero-order valence-corrected chi connectivity index (χ0v) is 12.5. The van der Waals surface area contributed by atoms with Crippen LogP contribution >= 0.6 is 15.9 Å². The standard InChI is InChI=1S/C15H21BrFN/c1-2-8-18-15(11-4-3-5-11)10-12-9-13(16)6-7-14(12)17/h6-7,9,11,15,18H,2-5,8,10H2,1H3. The summed E-state index contributed by atoms with van der Waals surface area (Å²) in [6.45, 7) is 3.20. The number of benzene rings is 1. The van der Waals surface area contributed by atoms with Gasteiger partial charge >= 0.3 is 0 Å². The highest BCUT2D eigenvalue weighted by molar-refractivity contribution is 9.10. The summed E-state index contributed by atoms with van der Waals surface area (Å²) in [5, 5.41) is 3.58. The number of hydrogen-bond donors (Lipinski definition) is 1. The van der Waals surface area contributed by atoms with Crippen LogP contribution in [-0.4, -0.2) is 12.6 Å². The van der Waals surface area contributed by atoms with Crippen molar-refractivity contribution < 1.29 is 4.39 Å². The average Bonchev–Trinajstić information content (AvgIpc) is 2.28. The van der Waals surface area contributed by atoms with Crippen LogP contribution in [0.25, 0.3) is 0 Å². The van der Waals surface area contributed by atoms with Gasteiger partial charge in [-0.1, -0.05) is 29.3 Å². The molecule has 0 spiro atoms. The Morgan fingerprint density at radius 3 is 2.83 bits per heavy atom. The van der Waals surface area contributed by atoms with Gasteiger partial charge in [0.1, 0.15) is 5.82 Å². The number of nitrogens with one attached hydrogen (secondary N) is 1. The van der Waals surface area contributed by atoms with Gasteiger partial charge in [-0.2, -0.15) is 0 Å². The van der Waals surface area contributed by atoms with Crippen LogP contribution in [0.2, 0.25) is 0 Å². The van der Waals surface area contributed by atoms with Gasteiger partial charge in [-0.15, -0.1) is 0 Å². The first kappa shape index (κ1) is 14.0. The molecule has 1 aromatic rings. The predicted molar refractivity (Wildman–Crippen MR) is 77.2 cm³/mol. The maximum Gasteiger partial charge on any atom is 0.126 e. The first-order valence-electron chi connectivity index (χ1n) is 6.88. The summed E-state index contributed by atoms with van der Waals surface area (Å²) in [4.78, 5) is 0. The molecule has 0 bridgehead atoms. The van der Waals surface area contributed by atoms with Crippen LogP contribution < -0.4 is 5.32 Å². The van der Waals surface area contributed by atoms with Crippen molar-refractivity contribution in [1.82, 2.24) is 5.32 Å². The molecule has 1 aliphatic carbocycles. The van der Waals surface area contributed by atoms with Crippen molar-refractivity contribution in [2.45, 2.75) is 45.1 Å². The predicted octanol–water partition coefficient (Wildman–Crippen LogP) is 4.30. The van der Waals surface area contributed by atoms with Crippen LogP contribution in [0.4, 0.5) is 4.39 Å². The lowest BCUT2D eigenvalue weighted by atomic mass is 9.77. The van der Waals surface area contributed by atoms with Crippen molar-refractivity contribution in [3.63, 3.8) is 0 Å². The van der Waals surface area contributed by atoms with E-state index in [1.165, 1.54) is 19.3 Å². The molecular formula is C15H21BrFN. The molecule has 1 nitrogen and oxygen atoms in total. The summed E-state index contributed by atoms with van der Waals surface area (Å²) in [6.07, 6.45) is 5.84. The van der Waals surface area contributed by atoms with Gasteiger partial charge in [0.25, 0.3) is 0 Å². The van der Waals surface area contributed by atoms with E-state index in [2.05, 4.69) is 28.2 Å². The highest BCUT2D eigenvalue weighted by atomic mass is 79.9. The van der Waals surface area contributed by atoms with E-state index in [0.29, 0.717) is 6.04 Å². The van der Waals surface area contributed by atoms with Crippen LogP contribution in [0.15, 0.2) is 22.7 Å². The zero-order chi connectivity index (χ0) is 13.0. The van der Waals surface area contributed by atoms with Gasteiger partial charge < -0.3 is 5.32 Å². The molecule has 0 amide bonds. The lowest BCUT2D eigenvalue weighted by molar-refractivity contribution is 0.226. The second kappa shape index (κ2) is 6.67. The summed E-state index contributed by atoms with van der Waals surface area (Å²) in [6, 6.07) is 5.66. The first-order chi connectivity index (χ1) is 8.70. The molecule has 3 heteroatoms. The third-order valence-electron chi connectivity index (χ3n) is 3.82. The van der Waals surface area contributed by atoms with E-state index < -0.39 is 0 Å². The van der Waals surface area contributed by atoms with E-state index in [-0.39, 0.29) is 5.82 Å². The van der Waals surface area contributed by atoms with Gasteiger partial charge in [0.05, 0.1) is 0 Å². The maximum absolute atomic E-state index is 13.8. The van der Waals surface area contributed by atoms with Gasteiger partial charge in [0, 0.05) is 10.5 Å². The Bertz CT molecular complexity index is 390. The summed E-state index contributed by atoms with van der Waals surface area (Å²) in [5.74, 6) is 0.649. The van der Waals surface area contributed by atoms with E-state index in [0.717, 1.165) is 35.3 Å². The molecule has 0 heterocycles. The van der Waals surface area contributed by atoms with Crippen molar-refractivity contribution in [1.29, 1.82) is 0 Å². The van der Waals surface area contributed by atoms with E-state index in [1.807, 2.05) is 6.07 Å². The first-order valence-corrected chi connectivity index (χ1v) is 7.67.